The second kappa shape index (κ2) is 3.52. The lowest BCUT2D eigenvalue weighted by Gasteiger charge is -2.00. The SMILES string of the molecule is O=COc1ccccc1C(=O)O. The predicted molar refractivity (Wildman–Crippen MR) is 40.1 cm³/mol. The van der Waals surface area contributed by atoms with Crippen molar-refractivity contribution in [2.75, 3.05) is 0 Å². The zero-order valence-electron chi connectivity index (χ0n) is 6.06. The molecule has 0 aromatic heterocycles. The van der Waals surface area contributed by atoms with Gasteiger partial charge < -0.3 is 9.84 Å². The second-order valence-electron chi connectivity index (χ2n) is 2.02. The number of carboxylic acid groups (broad SMARTS) is 1. The summed E-state index contributed by atoms with van der Waals surface area (Å²) in [6.07, 6.45) is 0. The van der Waals surface area contributed by atoms with Crippen molar-refractivity contribution >= 4 is 12.4 Å². The van der Waals surface area contributed by atoms with Gasteiger partial charge in [0.2, 0.25) is 0 Å². The maximum Gasteiger partial charge on any atom is 0.339 e. The molecule has 0 saturated carbocycles. The van der Waals surface area contributed by atoms with Crippen LogP contribution >= 0.6 is 0 Å². The molecule has 0 bridgehead atoms. The summed E-state index contributed by atoms with van der Waals surface area (Å²) in [5, 5.41) is 8.60. The van der Waals surface area contributed by atoms with Crippen LogP contribution in [0.1, 0.15) is 10.4 Å². The lowest BCUT2D eigenvalue weighted by molar-refractivity contribution is -0.120. The van der Waals surface area contributed by atoms with Crippen LogP contribution in [-0.2, 0) is 4.79 Å². The fraction of sp³-hybridized carbons (Fsp3) is 0. The van der Waals surface area contributed by atoms with Crippen LogP contribution < -0.4 is 4.74 Å². The number of ether oxygens (including phenoxy) is 1. The van der Waals surface area contributed by atoms with Crippen molar-refractivity contribution in [2.45, 2.75) is 0 Å². The average molecular weight is 166 g/mol. The van der Waals surface area contributed by atoms with Gasteiger partial charge in [-0.15, -0.1) is 0 Å². The molecule has 1 rings (SSSR count). The number of hydrogen-bond donors (Lipinski definition) is 1. The van der Waals surface area contributed by atoms with Crippen molar-refractivity contribution < 1.29 is 19.4 Å². The Hall–Kier alpha value is -1.84. The molecule has 0 saturated heterocycles. The molecule has 0 aliphatic heterocycles. The Balaban J connectivity index is 3.07. The highest BCUT2D eigenvalue weighted by atomic mass is 16.5. The van der Waals surface area contributed by atoms with Crippen molar-refractivity contribution in [3.8, 4) is 5.75 Å². The van der Waals surface area contributed by atoms with Gasteiger partial charge in [-0.2, -0.15) is 0 Å². The Morgan fingerprint density at radius 3 is 2.67 bits per heavy atom. The molecule has 0 aliphatic rings. The summed E-state index contributed by atoms with van der Waals surface area (Å²) in [6, 6.07) is 5.92. The molecular formula is C8H6O4. The Morgan fingerprint density at radius 1 is 1.42 bits per heavy atom. The molecule has 0 radical (unpaired) electrons. The van der Waals surface area contributed by atoms with Crippen LogP contribution in [0, 0.1) is 0 Å². The van der Waals surface area contributed by atoms with E-state index in [1.807, 2.05) is 0 Å². The number of hydrogen-bond acceptors (Lipinski definition) is 3. The predicted octanol–water partition coefficient (Wildman–Crippen LogP) is 0.920. The minimum atomic E-state index is -1.12. The molecule has 0 aliphatic carbocycles. The number of aromatic carboxylic acids is 1. The summed E-state index contributed by atoms with van der Waals surface area (Å²) in [6.45, 7) is 0.196. The average Bonchev–Trinajstić information content (AvgIpc) is 2.05. The molecule has 0 heterocycles. The van der Waals surface area contributed by atoms with E-state index in [0.29, 0.717) is 0 Å². The van der Waals surface area contributed by atoms with E-state index in [1.54, 1.807) is 12.1 Å². The molecule has 62 valence electrons. The van der Waals surface area contributed by atoms with E-state index in [2.05, 4.69) is 4.74 Å². The van der Waals surface area contributed by atoms with Crippen LogP contribution in [0.2, 0.25) is 0 Å². The highest BCUT2D eigenvalue weighted by Gasteiger charge is 2.08. The summed E-state index contributed by atoms with van der Waals surface area (Å²) < 4.78 is 4.44. The van der Waals surface area contributed by atoms with E-state index >= 15 is 0 Å². The van der Waals surface area contributed by atoms with E-state index < -0.39 is 5.97 Å². The number of carbonyl (C=O) groups excluding carboxylic acids is 1. The molecular weight excluding hydrogens is 160 g/mol. The van der Waals surface area contributed by atoms with Gasteiger partial charge in [-0.05, 0) is 12.1 Å². The first kappa shape index (κ1) is 8.26. The van der Waals surface area contributed by atoms with Gasteiger partial charge in [0.1, 0.15) is 11.3 Å². The van der Waals surface area contributed by atoms with Crippen LogP contribution in [-0.4, -0.2) is 17.5 Å². The van der Waals surface area contributed by atoms with Gasteiger partial charge in [0.05, 0.1) is 0 Å². The lowest BCUT2D eigenvalue weighted by Crippen LogP contribution is -2.00. The van der Waals surface area contributed by atoms with Gasteiger partial charge in [-0.25, -0.2) is 4.79 Å². The van der Waals surface area contributed by atoms with Crippen molar-refractivity contribution in [3.63, 3.8) is 0 Å². The zero-order valence-corrected chi connectivity index (χ0v) is 6.06. The number of para-hydroxylation sites is 1. The molecule has 1 N–H and O–H groups in total. The third kappa shape index (κ3) is 1.60. The van der Waals surface area contributed by atoms with E-state index in [0.717, 1.165) is 0 Å². The van der Waals surface area contributed by atoms with Crippen LogP contribution in [0.5, 0.6) is 5.75 Å². The van der Waals surface area contributed by atoms with Crippen LogP contribution in [0.3, 0.4) is 0 Å². The van der Waals surface area contributed by atoms with Crippen LogP contribution in [0.4, 0.5) is 0 Å². The highest BCUT2D eigenvalue weighted by molar-refractivity contribution is 5.91. The second-order valence-corrected chi connectivity index (χ2v) is 2.02. The van der Waals surface area contributed by atoms with E-state index in [-0.39, 0.29) is 17.8 Å². The minimum absolute atomic E-state index is 0.0235. The summed E-state index contributed by atoms with van der Waals surface area (Å²) in [5.74, 6) is -1.06. The third-order valence-corrected chi connectivity index (χ3v) is 1.29. The third-order valence-electron chi connectivity index (χ3n) is 1.29. The van der Waals surface area contributed by atoms with E-state index in [1.165, 1.54) is 12.1 Å². The maximum absolute atomic E-state index is 10.5. The number of rotatable bonds is 3. The maximum atomic E-state index is 10.5. The Labute approximate surface area is 68.4 Å². The summed E-state index contributed by atoms with van der Waals surface area (Å²) in [5.41, 5.74) is -0.0235. The van der Waals surface area contributed by atoms with Crippen LogP contribution in [0.25, 0.3) is 0 Å². The molecule has 0 unspecified atom stereocenters. The number of carboxylic acids is 1. The first-order valence-electron chi connectivity index (χ1n) is 3.18. The number of benzene rings is 1. The van der Waals surface area contributed by atoms with Gasteiger partial charge >= 0.3 is 5.97 Å². The summed E-state index contributed by atoms with van der Waals surface area (Å²) in [4.78, 5) is 20.4. The minimum Gasteiger partial charge on any atom is -0.478 e. The molecule has 1 aromatic carbocycles. The molecule has 1 aromatic rings. The van der Waals surface area contributed by atoms with Gasteiger partial charge in [-0.3, -0.25) is 4.79 Å². The Bertz CT molecular complexity index is 306. The topological polar surface area (TPSA) is 63.6 Å². The van der Waals surface area contributed by atoms with E-state index in [9.17, 15) is 9.59 Å². The zero-order chi connectivity index (χ0) is 8.97. The fourth-order valence-electron chi connectivity index (χ4n) is 0.798. The van der Waals surface area contributed by atoms with Gasteiger partial charge in [0.25, 0.3) is 6.47 Å². The lowest BCUT2D eigenvalue weighted by atomic mass is 10.2. The molecule has 4 nitrogen and oxygen atoms in total. The molecule has 4 heteroatoms. The van der Waals surface area contributed by atoms with Crippen molar-refractivity contribution in [1.82, 2.24) is 0 Å². The fourth-order valence-corrected chi connectivity index (χ4v) is 0.798. The highest BCUT2D eigenvalue weighted by Crippen LogP contribution is 2.16. The molecule has 12 heavy (non-hydrogen) atoms. The normalized spacial score (nSPS) is 9.00. The first-order valence-corrected chi connectivity index (χ1v) is 3.18. The number of carbonyl (C=O) groups is 2. The summed E-state index contributed by atoms with van der Waals surface area (Å²) in [7, 11) is 0. The van der Waals surface area contributed by atoms with Gasteiger partial charge in [0, 0.05) is 0 Å². The van der Waals surface area contributed by atoms with Crippen LogP contribution in [0.15, 0.2) is 24.3 Å². The largest absolute Gasteiger partial charge is 0.478 e. The smallest absolute Gasteiger partial charge is 0.339 e. The standard InChI is InChI=1S/C8H6O4/c9-5-12-7-4-2-1-3-6(7)8(10)11/h1-5H,(H,10,11). The van der Waals surface area contributed by atoms with E-state index in [4.69, 9.17) is 5.11 Å². The first-order chi connectivity index (χ1) is 5.75. The quantitative estimate of drug-likeness (QED) is 0.678. The van der Waals surface area contributed by atoms with Crippen molar-refractivity contribution in [2.24, 2.45) is 0 Å². The Morgan fingerprint density at radius 2 is 2.08 bits per heavy atom. The molecule has 0 amide bonds. The summed E-state index contributed by atoms with van der Waals surface area (Å²) >= 11 is 0. The van der Waals surface area contributed by atoms with Gasteiger partial charge in [0.15, 0.2) is 0 Å². The molecule has 0 fully saturated rings. The molecule has 0 atom stereocenters. The van der Waals surface area contributed by atoms with Gasteiger partial charge in [-0.1, -0.05) is 12.1 Å². The molecule has 0 spiro atoms. The van der Waals surface area contributed by atoms with Crippen molar-refractivity contribution in [1.29, 1.82) is 0 Å². The Kier molecular flexibility index (Phi) is 2.42. The van der Waals surface area contributed by atoms with Crippen molar-refractivity contribution in [3.05, 3.63) is 29.8 Å². The monoisotopic (exact) mass is 166 g/mol.